The zero-order valence-corrected chi connectivity index (χ0v) is 43.6. The average Bonchev–Trinajstić information content (AvgIpc) is 3.82. The molecule has 72 heavy (non-hydrogen) atoms. The van der Waals surface area contributed by atoms with Gasteiger partial charge >= 0.3 is 18.2 Å². The fourth-order valence-electron chi connectivity index (χ4n) is 6.13. The Bertz CT molecular complexity index is 2890. The first-order valence-corrected chi connectivity index (χ1v) is 26.0. The topological polar surface area (TPSA) is 259 Å². The van der Waals surface area contributed by atoms with E-state index in [4.69, 9.17) is 41.1 Å². The highest BCUT2D eigenvalue weighted by atomic mass is 79.9. The van der Waals surface area contributed by atoms with E-state index in [-0.39, 0.29) is 84.3 Å². The zero-order valence-electron chi connectivity index (χ0n) is 38.0. The first-order valence-electron chi connectivity index (χ1n) is 21.6. The number of amidine groups is 1. The van der Waals surface area contributed by atoms with Gasteiger partial charge in [-0.2, -0.15) is 10.7 Å². The van der Waals surface area contributed by atoms with Gasteiger partial charge in [-0.3, -0.25) is 10.1 Å². The molecule has 376 valence electrons. The molecule has 0 fully saturated rings. The summed E-state index contributed by atoms with van der Waals surface area (Å²) >= 11 is 13.7. The number of carbonyl (C=O) groups excluding carboxylic acids is 3. The molecule has 0 saturated carbocycles. The Morgan fingerprint density at radius 1 is 0.903 bits per heavy atom. The van der Waals surface area contributed by atoms with Crippen LogP contribution in [0.4, 0.5) is 25.5 Å². The number of hydroxylamine groups is 1. The predicted octanol–water partition coefficient (Wildman–Crippen LogP) is 9.20. The van der Waals surface area contributed by atoms with Crippen molar-refractivity contribution < 1.29 is 47.2 Å². The molecule has 6 N–H and O–H groups in total. The number of nitrogens with two attached hydrogens (primary N) is 1. The van der Waals surface area contributed by atoms with Crippen molar-refractivity contribution in [3.63, 3.8) is 0 Å². The van der Waals surface area contributed by atoms with Gasteiger partial charge in [0.1, 0.15) is 54.9 Å². The van der Waals surface area contributed by atoms with Crippen LogP contribution in [0.25, 0.3) is 11.1 Å². The molecule has 0 aliphatic carbocycles. The summed E-state index contributed by atoms with van der Waals surface area (Å²) in [4.78, 5) is 51.5. The number of pyridine rings is 1. The average molecular weight is 1170 g/mol. The van der Waals surface area contributed by atoms with Crippen molar-refractivity contribution in [1.82, 2.24) is 36.7 Å². The van der Waals surface area contributed by atoms with Crippen LogP contribution in [0.3, 0.4) is 0 Å². The second-order valence-electron chi connectivity index (χ2n) is 14.6. The number of nitrogen functional groups attached to an aromatic ring is 1. The summed E-state index contributed by atoms with van der Waals surface area (Å²) < 4.78 is 42.6. The van der Waals surface area contributed by atoms with Crippen molar-refractivity contribution in [3.8, 4) is 28.7 Å². The number of nitrogens with zero attached hydrogens (tertiary/aromatic N) is 5. The number of hydrogen-bond acceptors (Lipinski definition) is 18. The lowest BCUT2D eigenvalue weighted by Gasteiger charge is -2.20. The predicted molar refractivity (Wildman–Crippen MR) is 277 cm³/mol. The number of nitrogens with one attached hydrogen (secondary N) is 4. The van der Waals surface area contributed by atoms with Crippen LogP contribution in [-0.2, 0) is 38.9 Å². The number of halogens is 4. The van der Waals surface area contributed by atoms with E-state index in [1.807, 2.05) is 54.6 Å². The van der Waals surface area contributed by atoms with Crippen molar-refractivity contribution in [2.24, 2.45) is 4.99 Å². The first-order chi connectivity index (χ1) is 34.9. The van der Waals surface area contributed by atoms with Gasteiger partial charge in [0.2, 0.25) is 0 Å². The molecule has 1 atom stereocenters. The summed E-state index contributed by atoms with van der Waals surface area (Å²) in [6, 6.07) is 27.4. The third kappa shape index (κ3) is 16.7. The molecule has 19 nitrogen and oxygen atoms in total. The van der Waals surface area contributed by atoms with Gasteiger partial charge in [-0.25, -0.2) is 28.6 Å². The molecule has 6 rings (SSSR count). The second-order valence-corrected chi connectivity index (χ2v) is 19.4. The molecule has 0 aliphatic rings. The zero-order chi connectivity index (χ0) is 51.2. The molecule has 2 amide bonds. The smallest absolute Gasteiger partial charge is 0.431 e. The number of aromatic nitrogens is 3. The van der Waals surface area contributed by atoms with Crippen molar-refractivity contribution in [2.45, 2.75) is 32.7 Å². The Labute approximate surface area is 442 Å². The summed E-state index contributed by atoms with van der Waals surface area (Å²) in [6.45, 7) is 2.11. The fourth-order valence-corrected chi connectivity index (χ4v) is 9.16. The maximum atomic E-state index is 13.7. The van der Waals surface area contributed by atoms with Crippen LogP contribution in [0.15, 0.2) is 116 Å². The number of nitriles is 1. The molecule has 0 spiro atoms. The fraction of sp³-hybridized carbons (Fsp3) is 0.234. The Balaban J connectivity index is 0.967. The highest BCUT2D eigenvalue weighted by molar-refractivity contribution is 9.11. The first kappa shape index (κ1) is 54.7. The van der Waals surface area contributed by atoms with Crippen LogP contribution in [0.5, 0.6) is 11.5 Å². The van der Waals surface area contributed by atoms with Crippen molar-refractivity contribution >= 4 is 101 Å². The van der Waals surface area contributed by atoms with E-state index in [0.717, 1.165) is 21.2 Å². The van der Waals surface area contributed by atoms with Crippen LogP contribution in [0.2, 0.25) is 5.02 Å². The van der Waals surface area contributed by atoms with E-state index >= 15 is 0 Å². The number of ether oxygens (including phenoxy) is 4. The third-order valence-corrected chi connectivity index (χ3v) is 13.8. The number of alkyl carbamates (subject to hydrolysis) is 1. The van der Waals surface area contributed by atoms with Crippen molar-refractivity contribution in [3.05, 3.63) is 145 Å². The Hall–Kier alpha value is -6.62. The van der Waals surface area contributed by atoms with E-state index in [9.17, 15) is 24.0 Å². The number of esters is 1. The lowest BCUT2D eigenvalue weighted by molar-refractivity contribution is -0.146. The number of carbonyl (C=O) groups is 3. The number of rotatable bonds is 23. The highest BCUT2D eigenvalue weighted by Gasteiger charge is 2.24. The number of hydrogen-bond donors (Lipinski definition) is 5. The van der Waals surface area contributed by atoms with Crippen LogP contribution >= 0.6 is 65.0 Å². The van der Waals surface area contributed by atoms with Gasteiger partial charge < -0.3 is 40.2 Å². The minimum Gasteiger partial charge on any atom is -0.488 e. The quantitative estimate of drug-likeness (QED) is 0.00761. The van der Waals surface area contributed by atoms with Gasteiger partial charge in [0.25, 0.3) is 0 Å². The monoisotopic (exact) mass is 1170 g/mol. The van der Waals surface area contributed by atoms with Crippen LogP contribution in [0.1, 0.15) is 35.0 Å². The van der Waals surface area contributed by atoms with Crippen LogP contribution in [0, 0.1) is 17.1 Å². The standard InChI is InChI=1S/C47H44Br2ClFN10O9S2/c1-2-65-45(62)38(27-68-46(63)55-15-17-71-72-18-16-56-47(64)69-61-44(42-43(53)60-70-59-42)58-32-11-12-37(51)35(48)21-32)57-24-31-20-36(50)40(22-39(31)66-25-28-13-14-54-33(19-28)23-52)67-26-30-9-6-10-34(41(30)49)29-7-4-3-5-8-29/h3-14,19-22,38,57H,2,15-18,24-27H2,1H3,(H2,53,60)(H,55,63)(H,56,64)(H,58,61)/t38-/m0/s1. The van der Waals surface area contributed by atoms with Gasteiger partial charge in [0.15, 0.2) is 17.3 Å². The summed E-state index contributed by atoms with van der Waals surface area (Å²) in [5.41, 5.74) is 12.8. The number of benzene rings is 4. The van der Waals surface area contributed by atoms with Gasteiger partial charge in [-0.05, 0) is 102 Å². The highest BCUT2D eigenvalue weighted by Crippen LogP contribution is 2.36. The largest absolute Gasteiger partial charge is 0.488 e. The molecule has 4 aromatic carbocycles. The van der Waals surface area contributed by atoms with E-state index in [2.05, 4.69) is 78.2 Å². The maximum Gasteiger partial charge on any atom is 0.431 e. The number of aliphatic imine (C=N–C) groups is 1. The van der Waals surface area contributed by atoms with E-state index in [1.165, 1.54) is 46.0 Å². The number of amides is 2. The lowest BCUT2D eigenvalue weighted by atomic mass is 10.0. The van der Waals surface area contributed by atoms with Gasteiger partial charge in [-0.1, -0.05) is 81.7 Å². The molecular weight excluding hydrogens is 1130 g/mol. The SMILES string of the molecule is CCOC(=O)[C@H](COC(=O)NCCSSCCNC(=O)ONC(=Nc1ccc(F)c(Br)c1)c1nonc1N)NCc1cc(Cl)c(OCc2cccc(-c3ccccc3)c2Br)cc1OCc1ccnc(C#N)c1. The Kier molecular flexibility index (Phi) is 21.6. The second kappa shape index (κ2) is 28.4. The maximum absolute atomic E-state index is 13.7. The van der Waals surface area contributed by atoms with Crippen molar-refractivity contribution in [2.75, 3.05) is 43.5 Å². The molecule has 0 bridgehead atoms. The minimum absolute atomic E-state index is 0.0337. The summed E-state index contributed by atoms with van der Waals surface area (Å²) in [6.07, 6.45) is -0.0781. The van der Waals surface area contributed by atoms with Crippen LogP contribution < -0.4 is 36.6 Å². The molecular formula is C47H44Br2ClFN10O9S2. The summed E-state index contributed by atoms with van der Waals surface area (Å²) in [5, 5.41) is 25.1. The Morgan fingerprint density at radius 3 is 2.39 bits per heavy atom. The van der Waals surface area contributed by atoms with Crippen molar-refractivity contribution in [1.29, 1.82) is 5.26 Å². The third-order valence-electron chi connectivity index (χ3n) is 9.60. The van der Waals surface area contributed by atoms with E-state index < -0.39 is 30.0 Å². The molecule has 0 unspecified atom stereocenters. The lowest BCUT2D eigenvalue weighted by Crippen LogP contribution is -2.43. The molecule has 2 heterocycles. The van der Waals surface area contributed by atoms with Gasteiger partial charge in [0.05, 0.1) is 21.8 Å². The summed E-state index contributed by atoms with van der Waals surface area (Å²) in [5.74, 6) is 0.279. The van der Waals surface area contributed by atoms with Crippen LogP contribution in [-0.4, -0.2) is 83.1 Å². The minimum atomic E-state index is -1.07. The van der Waals surface area contributed by atoms with Gasteiger partial charge in [-0.15, -0.1) is 0 Å². The number of anilines is 1. The molecule has 0 radical (unpaired) electrons. The molecule has 6 aromatic rings. The van der Waals surface area contributed by atoms with E-state index in [1.54, 1.807) is 31.2 Å². The Morgan fingerprint density at radius 2 is 1.67 bits per heavy atom. The molecule has 25 heteroatoms. The normalized spacial score (nSPS) is 11.5. The summed E-state index contributed by atoms with van der Waals surface area (Å²) in [7, 11) is 2.86. The van der Waals surface area contributed by atoms with E-state index in [0.29, 0.717) is 34.1 Å². The molecule has 0 aliphatic heterocycles. The molecule has 0 saturated heterocycles. The van der Waals surface area contributed by atoms with Gasteiger partial charge in [0, 0.05) is 59.0 Å². The molecule has 2 aromatic heterocycles.